The second kappa shape index (κ2) is 17.8. The van der Waals surface area contributed by atoms with Crippen molar-refractivity contribution < 1.29 is 38.7 Å². The monoisotopic (exact) mass is 759 g/mol. The molecule has 0 radical (unpaired) electrons. The minimum atomic E-state index is -1.79. The van der Waals surface area contributed by atoms with Gasteiger partial charge in [-0.15, -0.1) is 0 Å². The molecule has 52 heavy (non-hydrogen) atoms. The van der Waals surface area contributed by atoms with Crippen LogP contribution in [0.1, 0.15) is 47.9 Å². The molecular weight excluding hydrogens is 713 g/mol. The lowest BCUT2D eigenvalue weighted by molar-refractivity contribution is -0.154. The second-order valence-electron chi connectivity index (χ2n) is 13.4. The number of aryl methyl sites for hydroxylation is 2. The molecular formula is C38H47Cl2N3O9. The fraction of sp³-hybridized carbons (Fsp3) is 0.500. The van der Waals surface area contributed by atoms with Gasteiger partial charge in [0.05, 0.1) is 29.1 Å². The van der Waals surface area contributed by atoms with Crippen LogP contribution in [0.3, 0.4) is 0 Å². The van der Waals surface area contributed by atoms with Crippen molar-refractivity contribution in [2.24, 2.45) is 5.92 Å². The number of benzene rings is 2. The highest BCUT2D eigenvalue weighted by atomic mass is 35.5. The molecule has 1 aliphatic carbocycles. The number of aromatic nitrogens is 1. The van der Waals surface area contributed by atoms with Gasteiger partial charge in [-0.3, -0.25) is 9.59 Å². The number of hydrogen-bond donors (Lipinski definition) is 2. The highest BCUT2D eigenvalue weighted by Gasteiger charge is 2.51. The molecule has 1 aliphatic heterocycles. The number of carbonyl (C=O) groups excluding carboxylic acids is 1. The molecule has 14 heteroatoms. The highest BCUT2D eigenvalue weighted by molar-refractivity contribution is 6.37. The first-order valence-corrected chi connectivity index (χ1v) is 18.2. The highest BCUT2D eigenvalue weighted by Crippen LogP contribution is 2.41. The number of rotatable bonds is 17. The van der Waals surface area contributed by atoms with Crippen molar-refractivity contribution in [2.45, 2.75) is 63.8 Å². The lowest BCUT2D eigenvalue weighted by Crippen LogP contribution is -2.57. The number of piperidine rings is 1. The Balaban J connectivity index is 1.38. The summed E-state index contributed by atoms with van der Waals surface area (Å²) < 4.78 is 23.6. The molecule has 2 atom stereocenters. The van der Waals surface area contributed by atoms with Crippen LogP contribution in [-0.2, 0) is 39.4 Å². The van der Waals surface area contributed by atoms with E-state index >= 15 is 0 Å². The Labute approximate surface area is 313 Å². The van der Waals surface area contributed by atoms with Crippen molar-refractivity contribution in [1.29, 1.82) is 0 Å². The Kier molecular flexibility index (Phi) is 13.5. The Hall–Kier alpha value is -3.81. The molecule has 5 rings (SSSR count). The molecule has 2 N–H and O–H groups in total. The fourth-order valence-corrected chi connectivity index (χ4v) is 7.36. The topological polar surface area (TPSA) is 140 Å². The van der Waals surface area contributed by atoms with Gasteiger partial charge >= 0.3 is 6.09 Å². The number of aliphatic hydroxyl groups is 1. The molecule has 2 aliphatic rings. The van der Waals surface area contributed by atoms with Crippen LogP contribution in [0.2, 0.25) is 10.0 Å². The van der Waals surface area contributed by atoms with Crippen LogP contribution in [0.15, 0.2) is 53.5 Å². The zero-order valence-electron chi connectivity index (χ0n) is 29.8. The number of pyridine rings is 1. The van der Waals surface area contributed by atoms with Crippen molar-refractivity contribution in [3.8, 4) is 11.5 Å². The van der Waals surface area contributed by atoms with Crippen molar-refractivity contribution in [3.05, 3.63) is 91.3 Å². The van der Waals surface area contributed by atoms with E-state index in [1.54, 1.807) is 43.5 Å². The Morgan fingerprint density at radius 3 is 2.33 bits per heavy atom. The number of halogens is 2. The summed E-state index contributed by atoms with van der Waals surface area (Å²) in [5.74, 6) is -0.531. The van der Waals surface area contributed by atoms with Gasteiger partial charge < -0.3 is 43.5 Å². The third kappa shape index (κ3) is 9.78. The summed E-state index contributed by atoms with van der Waals surface area (Å²) in [6.07, 6.45) is 3.45. The molecule has 3 aromatic rings. The van der Waals surface area contributed by atoms with E-state index < -0.39 is 23.2 Å². The first-order valence-electron chi connectivity index (χ1n) is 17.5. The van der Waals surface area contributed by atoms with E-state index in [0.717, 1.165) is 47.3 Å². The van der Waals surface area contributed by atoms with Crippen molar-refractivity contribution in [1.82, 2.24) is 14.4 Å². The number of methoxy groups -OCH3 is 2. The lowest BCUT2D eigenvalue weighted by atomic mass is 9.75. The number of hydrogen-bond acceptors (Lipinski definition) is 8. The van der Waals surface area contributed by atoms with Crippen LogP contribution in [0.25, 0.3) is 0 Å². The Morgan fingerprint density at radius 1 is 0.962 bits per heavy atom. The largest absolute Gasteiger partial charge is 0.491 e. The third-order valence-corrected chi connectivity index (χ3v) is 10.1. The number of nitrogens with zero attached hydrogens (tertiary/aromatic N) is 3. The minimum Gasteiger partial charge on any atom is -0.491 e. The number of likely N-dealkylation sites (tertiary alicyclic amines) is 1. The lowest BCUT2D eigenvalue weighted by Gasteiger charge is -2.44. The van der Waals surface area contributed by atoms with Crippen LogP contribution >= 0.6 is 23.2 Å². The van der Waals surface area contributed by atoms with Crippen LogP contribution < -0.4 is 15.0 Å². The van der Waals surface area contributed by atoms with Crippen molar-refractivity contribution in [3.63, 3.8) is 0 Å². The summed E-state index contributed by atoms with van der Waals surface area (Å²) in [5.41, 5.74) is 0.839. The van der Waals surface area contributed by atoms with E-state index in [1.165, 1.54) is 10.6 Å². The molecule has 282 valence electrons. The predicted octanol–water partition coefficient (Wildman–Crippen LogP) is 5.53. The number of amides is 2. The third-order valence-electron chi connectivity index (χ3n) is 9.55. The molecule has 2 aromatic carbocycles. The summed E-state index contributed by atoms with van der Waals surface area (Å²) in [7, 11) is 3.27. The Morgan fingerprint density at radius 2 is 1.67 bits per heavy atom. The van der Waals surface area contributed by atoms with E-state index in [4.69, 9.17) is 42.1 Å². The number of ether oxygens (including phenoxy) is 4. The normalized spacial score (nSPS) is 18.7. The van der Waals surface area contributed by atoms with Crippen LogP contribution in [0, 0.1) is 12.8 Å². The van der Waals surface area contributed by atoms with Gasteiger partial charge in [0.1, 0.15) is 24.6 Å². The summed E-state index contributed by atoms with van der Waals surface area (Å²) in [5, 5.41) is 23.0. The van der Waals surface area contributed by atoms with Crippen LogP contribution in [0.5, 0.6) is 11.5 Å². The van der Waals surface area contributed by atoms with Gasteiger partial charge in [0, 0.05) is 58.8 Å². The maximum Gasteiger partial charge on any atom is 0.407 e. The molecule has 1 saturated carbocycles. The summed E-state index contributed by atoms with van der Waals surface area (Å²) in [6, 6.07) is 12.3. The van der Waals surface area contributed by atoms with E-state index in [9.17, 15) is 24.6 Å². The van der Waals surface area contributed by atoms with E-state index in [-0.39, 0.29) is 56.7 Å². The van der Waals surface area contributed by atoms with Gasteiger partial charge in [0.15, 0.2) is 5.75 Å². The minimum absolute atomic E-state index is 0.000270. The van der Waals surface area contributed by atoms with Gasteiger partial charge in [-0.1, -0.05) is 29.3 Å². The van der Waals surface area contributed by atoms with Gasteiger partial charge in [0.2, 0.25) is 5.91 Å². The first-order chi connectivity index (χ1) is 24.9. The molecule has 0 bridgehead atoms. The van der Waals surface area contributed by atoms with Gasteiger partial charge in [-0.2, -0.15) is 0 Å². The number of carbonyl (C=O) groups is 2. The van der Waals surface area contributed by atoms with Crippen molar-refractivity contribution >= 4 is 35.2 Å². The Bertz CT molecular complexity index is 1730. The zero-order valence-corrected chi connectivity index (χ0v) is 31.3. The molecule has 12 nitrogen and oxygen atoms in total. The van der Waals surface area contributed by atoms with Gasteiger partial charge in [-0.25, -0.2) is 4.79 Å². The molecule has 0 spiro atoms. The smallest absolute Gasteiger partial charge is 0.407 e. The molecule has 1 aromatic heterocycles. The molecule has 2 amide bonds. The van der Waals surface area contributed by atoms with Gasteiger partial charge in [-0.05, 0) is 91.6 Å². The van der Waals surface area contributed by atoms with E-state index in [0.29, 0.717) is 41.4 Å². The van der Waals surface area contributed by atoms with Crippen LogP contribution in [-0.4, -0.2) is 96.4 Å². The molecule has 2 fully saturated rings. The summed E-state index contributed by atoms with van der Waals surface area (Å²) in [4.78, 5) is 43.0. The predicted molar refractivity (Wildman–Crippen MR) is 197 cm³/mol. The van der Waals surface area contributed by atoms with Crippen LogP contribution in [0.4, 0.5) is 4.79 Å². The summed E-state index contributed by atoms with van der Waals surface area (Å²) >= 11 is 12.6. The van der Waals surface area contributed by atoms with E-state index in [1.807, 2.05) is 25.1 Å². The van der Waals surface area contributed by atoms with Gasteiger partial charge in [0.25, 0.3) is 5.56 Å². The second-order valence-corrected chi connectivity index (χ2v) is 14.2. The van der Waals surface area contributed by atoms with E-state index in [2.05, 4.69) is 0 Å². The first kappa shape index (κ1) is 39.4. The quantitative estimate of drug-likeness (QED) is 0.170. The molecule has 0 unspecified atom stereocenters. The average molecular weight is 761 g/mol. The SMILES string of the molecule is COCCCc1cc(CN(C(=O)[C@H]2CN(C(=O)O)CC[C@]2(O)c2ccn(CCOc3c(Cl)cc(C)cc3Cl)c(=O)c2)C2CC2)cc(OCCOC)c1. The summed E-state index contributed by atoms with van der Waals surface area (Å²) in [6.45, 7) is 3.56. The maximum absolute atomic E-state index is 14.6. The van der Waals surface area contributed by atoms with Crippen molar-refractivity contribution in [2.75, 3.05) is 53.7 Å². The number of carboxylic acid groups (broad SMARTS) is 1. The molecule has 1 saturated heterocycles. The average Bonchev–Trinajstić information content (AvgIpc) is 3.94. The molecule has 2 heterocycles. The maximum atomic E-state index is 14.6. The standard InChI is InChI=1S/C38H47Cl2N3O9/c1-25-17-32(39)35(33(40)18-25)52-14-12-41-10-8-28(22-34(41)44)38(48)9-11-42(37(46)47)24-31(38)36(45)43(29-6-7-29)23-27-19-26(5-4-13-49-2)20-30(21-27)51-16-15-50-3/h8,10,17-22,29,31,48H,4-7,9,11-16,23-24H2,1-3H3,(H,46,47)/t31-,38+/m1/s1. The zero-order chi connectivity index (χ0) is 37.4. The fourth-order valence-electron chi connectivity index (χ4n) is 6.66.